The first kappa shape index (κ1) is 30.0. The third-order valence-electron chi connectivity index (χ3n) is 10.8. The molecule has 0 fully saturated rings. The smallest absolute Gasteiger partial charge is 0.0703 e. The lowest BCUT2D eigenvalue weighted by molar-refractivity contribution is 1.01. The second kappa shape index (κ2) is 11.9. The minimum absolute atomic E-state index is 1.12. The van der Waals surface area contributed by atoms with E-state index in [4.69, 9.17) is 0 Å². The van der Waals surface area contributed by atoms with Gasteiger partial charge in [0, 0.05) is 49.5 Å². The van der Waals surface area contributed by atoms with Gasteiger partial charge < -0.3 is 9.13 Å². The summed E-state index contributed by atoms with van der Waals surface area (Å²) in [7, 11) is 0. The summed E-state index contributed by atoms with van der Waals surface area (Å²) >= 11 is 1.89. The Balaban J connectivity index is 1.39. The van der Waals surface area contributed by atoms with Gasteiger partial charge in [-0.05, 0) is 91.1 Å². The lowest BCUT2D eigenvalue weighted by atomic mass is 9.89. The van der Waals surface area contributed by atoms with Crippen molar-refractivity contribution in [2.75, 3.05) is 0 Å². The van der Waals surface area contributed by atoms with Crippen molar-refractivity contribution >= 4 is 85.6 Å². The Hall–Kier alpha value is -6.68. The monoisotopic (exact) mass is 692 g/mol. The highest BCUT2D eigenvalue weighted by atomic mass is 32.1. The number of aromatic nitrogens is 2. The predicted molar refractivity (Wildman–Crippen MR) is 229 cm³/mol. The van der Waals surface area contributed by atoms with Gasteiger partial charge in [-0.25, -0.2) is 0 Å². The van der Waals surface area contributed by atoms with Gasteiger partial charge >= 0.3 is 0 Å². The maximum Gasteiger partial charge on any atom is 0.0703 e. The summed E-state index contributed by atoms with van der Waals surface area (Å²) in [5.41, 5.74) is 7.04. The molecular weight excluding hydrogens is 661 g/mol. The molecule has 3 heteroatoms. The second-order valence-electron chi connectivity index (χ2n) is 13.7. The second-order valence-corrected chi connectivity index (χ2v) is 14.7. The van der Waals surface area contributed by atoms with Crippen molar-refractivity contribution in [2.45, 2.75) is 0 Å². The van der Waals surface area contributed by atoms with Crippen LogP contribution >= 0.6 is 11.3 Å². The number of para-hydroxylation sites is 2. The molecule has 11 rings (SSSR count). The summed E-state index contributed by atoms with van der Waals surface area (Å²) in [6.45, 7) is 0. The first-order chi connectivity index (χ1) is 26.3. The van der Waals surface area contributed by atoms with E-state index in [-0.39, 0.29) is 0 Å². The van der Waals surface area contributed by atoms with Crippen molar-refractivity contribution in [1.29, 1.82) is 0 Å². The van der Waals surface area contributed by atoms with Crippen LogP contribution in [-0.4, -0.2) is 9.13 Å². The van der Waals surface area contributed by atoms with E-state index in [2.05, 4.69) is 204 Å². The van der Waals surface area contributed by atoms with Crippen LogP contribution in [0.4, 0.5) is 0 Å². The largest absolute Gasteiger partial charge is 0.314 e. The molecule has 0 atom stereocenters. The fourth-order valence-electron chi connectivity index (χ4n) is 8.47. The Morgan fingerprint density at radius 3 is 1.40 bits per heavy atom. The first-order valence-corrected chi connectivity index (χ1v) is 18.9. The molecule has 0 amide bonds. The highest BCUT2D eigenvalue weighted by Crippen LogP contribution is 2.45. The lowest BCUT2D eigenvalue weighted by Crippen LogP contribution is -2.04. The minimum atomic E-state index is 1.12. The van der Waals surface area contributed by atoms with E-state index in [9.17, 15) is 0 Å². The van der Waals surface area contributed by atoms with E-state index in [0.29, 0.717) is 0 Å². The summed E-state index contributed by atoms with van der Waals surface area (Å²) < 4.78 is 7.29. The van der Waals surface area contributed by atoms with Gasteiger partial charge in [0.15, 0.2) is 0 Å². The Morgan fingerprint density at radius 2 is 0.755 bits per heavy atom. The van der Waals surface area contributed by atoms with Gasteiger partial charge in [-0.2, -0.15) is 0 Å². The Labute approximate surface area is 310 Å². The summed E-state index contributed by atoms with van der Waals surface area (Å²) in [6, 6.07) is 66.7. The molecular formula is C50H32N2S. The van der Waals surface area contributed by atoms with Crippen LogP contribution in [0.2, 0.25) is 0 Å². The molecule has 0 aliphatic rings. The number of hydrogen-bond acceptors (Lipinski definition) is 1. The normalized spacial score (nSPS) is 11.8. The molecule has 0 aliphatic heterocycles. The Morgan fingerprint density at radius 1 is 0.321 bits per heavy atom. The molecule has 2 heterocycles. The molecule has 0 saturated carbocycles. The molecule has 9 aromatic carbocycles. The molecule has 0 saturated heterocycles. The number of benzene rings is 8. The third kappa shape index (κ3) is 4.64. The molecule has 0 unspecified atom stereocenters. The topological polar surface area (TPSA) is 9.86 Å². The third-order valence-corrected chi connectivity index (χ3v) is 12.0. The fourth-order valence-corrected chi connectivity index (χ4v) is 9.70. The van der Waals surface area contributed by atoms with E-state index >= 15 is 0 Å². The van der Waals surface area contributed by atoms with Crippen molar-refractivity contribution in [2.24, 2.45) is 0 Å². The van der Waals surface area contributed by atoms with Crippen LogP contribution in [0, 0.1) is 0 Å². The zero-order valence-corrected chi connectivity index (χ0v) is 29.6. The van der Waals surface area contributed by atoms with Crippen molar-refractivity contribution in [3.8, 4) is 22.5 Å². The van der Waals surface area contributed by atoms with Gasteiger partial charge in [0.05, 0.1) is 11.0 Å². The molecule has 0 radical (unpaired) electrons. The number of rotatable bonds is 3. The average Bonchev–Trinajstić information content (AvgIpc) is 3.62. The number of hydrogen-bond donors (Lipinski definition) is 0. The SMILES string of the molecule is c1ccc(-n2ccn(-c3ccccc3)c3cc4c(cc32)c2ccccc2c2ccccc2c2c(-c3cccc5c3sc3ccccc35)cccc42)cc1. The number of fused-ring (bicyclic) bond motifs is 12. The highest BCUT2D eigenvalue weighted by Gasteiger charge is 2.17. The quantitative estimate of drug-likeness (QED) is 0.174. The van der Waals surface area contributed by atoms with Crippen LogP contribution in [0.25, 0.3) is 96.8 Å². The summed E-state index contributed by atoms with van der Waals surface area (Å²) in [5, 5.41) is 12.5. The van der Waals surface area contributed by atoms with Crippen LogP contribution in [0.3, 0.4) is 0 Å². The van der Waals surface area contributed by atoms with Crippen molar-refractivity contribution in [1.82, 2.24) is 9.13 Å². The molecule has 11 aromatic rings. The average molecular weight is 693 g/mol. The minimum Gasteiger partial charge on any atom is -0.314 e. The number of nitrogens with zero attached hydrogens (tertiary/aromatic N) is 2. The summed E-state index contributed by atoms with van der Waals surface area (Å²) in [5.74, 6) is 0. The predicted octanol–water partition coefficient (Wildman–Crippen LogP) is 14.2. The number of thiophene rings is 1. The van der Waals surface area contributed by atoms with Crippen LogP contribution in [0.1, 0.15) is 0 Å². The molecule has 0 aliphatic carbocycles. The zero-order valence-electron chi connectivity index (χ0n) is 28.8. The van der Waals surface area contributed by atoms with E-state index in [0.717, 1.165) is 22.4 Å². The van der Waals surface area contributed by atoms with E-state index in [1.807, 2.05) is 11.3 Å². The van der Waals surface area contributed by atoms with Gasteiger partial charge in [0.25, 0.3) is 0 Å². The zero-order chi connectivity index (χ0) is 34.9. The molecule has 0 bridgehead atoms. The van der Waals surface area contributed by atoms with Gasteiger partial charge in [-0.15, -0.1) is 11.3 Å². The van der Waals surface area contributed by atoms with Crippen molar-refractivity contribution < 1.29 is 0 Å². The fraction of sp³-hybridized carbons (Fsp3) is 0. The van der Waals surface area contributed by atoms with E-state index < -0.39 is 0 Å². The van der Waals surface area contributed by atoms with Crippen LogP contribution < -0.4 is 0 Å². The molecule has 2 nitrogen and oxygen atoms in total. The highest BCUT2D eigenvalue weighted by molar-refractivity contribution is 7.26. The van der Waals surface area contributed by atoms with Gasteiger partial charge in [0.2, 0.25) is 0 Å². The summed E-state index contributed by atoms with van der Waals surface area (Å²) in [6.07, 6.45) is 4.39. The van der Waals surface area contributed by atoms with Crippen molar-refractivity contribution in [3.05, 3.63) is 194 Å². The summed E-state index contributed by atoms with van der Waals surface area (Å²) in [4.78, 5) is 0. The molecule has 53 heavy (non-hydrogen) atoms. The standard InChI is InChI=1S/C50H32N2S/c1-3-15-33(16-4-1)51-29-30-52(34-17-5-2-6-18-34)47-32-45-41-25-13-24-40(43-27-14-26-42-38-22-11-12-28-48(38)53-50(42)43)49(41)39-23-10-9-20-36(39)35-19-7-8-21-37(35)44(45)31-46(47)51/h1-32H. The Kier molecular flexibility index (Phi) is 6.76. The van der Waals surface area contributed by atoms with E-state index in [1.165, 1.54) is 74.4 Å². The van der Waals surface area contributed by atoms with Crippen molar-refractivity contribution in [3.63, 3.8) is 0 Å². The molecule has 248 valence electrons. The lowest BCUT2D eigenvalue weighted by Gasteiger charge is -2.19. The maximum atomic E-state index is 2.43. The first-order valence-electron chi connectivity index (χ1n) is 18.1. The molecule has 0 N–H and O–H groups in total. The van der Waals surface area contributed by atoms with Gasteiger partial charge in [0.1, 0.15) is 0 Å². The molecule has 0 spiro atoms. The maximum absolute atomic E-state index is 2.43. The van der Waals surface area contributed by atoms with E-state index in [1.54, 1.807) is 0 Å². The van der Waals surface area contributed by atoms with Gasteiger partial charge in [-0.3, -0.25) is 0 Å². The van der Waals surface area contributed by atoms with Crippen LogP contribution in [0.5, 0.6) is 0 Å². The Bertz CT molecular complexity index is 3270. The van der Waals surface area contributed by atoms with Crippen LogP contribution in [0.15, 0.2) is 194 Å². The van der Waals surface area contributed by atoms with Crippen LogP contribution in [-0.2, 0) is 0 Å². The molecule has 2 aromatic heterocycles. The van der Waals surface area contributed by atoms with Gasteiger partial charge in [-0.1, -0.05) is 140 Å².